The van der Waals surface area contributed by atoms with Crippen LogP contribution in [0.5, 0.6) is 0 Å². The molecule has 2 aromatic carbocycles. The molecule has 0 bridgehead atoms. The van der Waals surface area contributed by atoms with E-state index in [-0.39, 0.29) is 23.5 Å². The molecule has 4 rings (SSSR count). The summed E-state index contributed by atoms with van der Waals surface area (Å²) in [5, 5.41) is 12.8. The first-order chi connectivity index (χ1) is 13.5. The number of aryl methyl sites for hydroxylation is 1. The van der Waals surface area contributed by atoms with Crippen molar-refractivity contribution in [1.29, 1.82) is 0 Å². The number of amides is 2. The molecule has 1 aromatic heterocycles. The third-order valence-electron chi connectivity index (χ3n) is 4.72. The van der Waals surface area contributed by atoms with Gasteiger partial charge in [0, 0.05) is 0 Å². The number of fused-ring (bicyclic) bond motifs is 1. The molecule has 2 amide bonds. The molecule has 0 fully saturated rings. The van der Waals surface area contributed by atoms with E-state index in [1.807, 2.05) is 18.2 Å². The predicted molar refractivity (Wildman–Crippen MR) is 111 cm³/mol. The Morgan fingerprint density at radius 1 is 1.11 bits per heavy atom. The number of carbonyl (C=O) groups is 2. The van der Waals surface area contributed by atoms with Gasteiger partial charge in [0.05, 0.1) is 21.1 Å². The zero-order valence-electron chi connectivity index (χ0n) is 14.6. The molecular weight excluding hydrogens is 444 g/mol. The van der Waals surface area contributed by atoms with Gasteiger partial charge in [-0.15, -0.1) is 0 Å². The molecule has 1 aliphatic carbocycles. The van der Waals surface area contributed by atoms with Crippen molar-refractivity contribution in [1.82, 2.24) is 15.5 Å². The van der Waals surface area contributed by atoms with Gasteiger partial charge in [0.25, 0.3) is 11.8 Å². The zero-order chi connectivity index (χ0) is 19.7. The van der Waals surface area contributed by atoms with Crippen molar-refractivity contribution >= 4 is 45.2 Å². The van der Waals surface area contributed by atoms with Gasteiger partial charge in [-0.05, 0) is 52.0 Å². The molecule has 8 heteroatoms. The minimum Gasteiger partial charge on any atom is -0.344 e. The van der Waals surface area contributed by atoms with Gasteiger partial charge in [-0.1, -0.05) is 48.0 Å². The molecule has 0 radical (unpaired) electrons. The highest BCUT2D eigenvalue weighted by Crippen LogP contribution is 2.32. The number of halogens is 2. The second kappa shape index (κ2) is 7.77. The van der Waals surface area contributed by atoms with Crippen molar-refractivity contribution in [2.45, 2.75) is 18.9 Å². The number of aromatic nitrogens is 2. The minimum atomic E-state index is -0.408. The summed E-state index contributed by atoms with van der Waals surface area (Å²) in [6.07, 6.45) is 1.79. The van der Waals surface area contributed by atoms with E-state index in [4.69, 9.17) is 11.6 Å². The number of aromatic amines is 1. The zero-order valence-corrected chi connectivity index (χ0v) is 17.0. The summed E-state index contributed by atoms with van der Waals surface area (Å²) in [5.41, 5.74) is 2.97. The van der Waals surface area contributed by atoms with Gasteiger partial charge in [-0.25, -0.2) is 0 Å². The van der Waals surface area contributed by atoms with E-state index < -0.39 is 5.91 Å². The van der Waals surface area contributed by atoms with Gasteiger partial charge in [0.2, 0.25) is 0 Å². The minimum absolute atomic E-state index is 0.0416. The van der Waals surface area contributed by atoms with Gasteiger partial charge in [-0.2, -0.15) is 5.10 Å². The SMILES string of the molecule is O=C(Nc1n[nH]c(C(=O)NC2CCc3ccccc32)c1Br)c1ccccc1Cl. The Hall–Kier alpha value is -2.64. The van der Waals surface area contributed by atoms with Crippen LogP contribution in [0.15, 0.2) is 53.0 Å². The first-order valence-corrected chi connectivity index (χ1v) is 9.90. The lowest BCUT2D eigenvalue weighted by Crippen LogP contribution is -2.27. The Bertz CT molecular complexity index is 1070. The Kier molecular flexibility index (Phi) is 5.19. The number of anilines is 1. The standard InChI is InChI=1S/C20H16BrClN4O2/c21-16-17(20(28)23-15-10-9-11-5-1-2-6-12(11)15)25-26-18(16)24-19(27)13-7-3-4-8-14(13)22/h1-8,15H,9-10H2,(H,23,28)(H2,24,25,26,27). The summed E-state index contributed by atoms with van der Waals surface area (Å²) in [6, 6.07) is 14.8. The third kappa shape index (κ3) is 3.55. The van der Waals surface area contributed by atoms with Crippen LogP contribution in [0.25, 0.3) is 0 Å². The molecular formula is C20H16BrClN4O2. The highest BCUT2D eigenvalue weighted by molar-refractivity contribution is 9.10. The number of carbonyl (C=O) groups excluding carboxylic acids is 2. The summed E-state index contributed by atoms with van der Waals surface area (Å²) < 4.78 is 0.386. The molecule has 1 atom stereocenters. The molecule has 1 unspecified atom stereocenters. The van der Waals surface area contributed by atoms with Gasteiger partial charge in [-0.3, -0.25) is 14.7 Å². The summed E-state index contributed by atoms with van der Waals surface area (Å²) in [5.74, 6) is -0.476. The number of hydrogen-bond acceptors (Lipinski definition) is 3. The van der Waals surface area contributed by atoms with E-state index in [1.165, 1.54) is 5.56 Å². The normalized spacial score (nSPS) is 15.1. The lowest BCUT2D eigenvalue weighted by Gasteiger charge is -2.13. The highest BCUT2D eigenvalue weighted by Gasteiger charge is 2.26. The average molecular weight is 460 g/mol. The molecule has 1 aliphatic rings. The van der Waals surface area contributed by atoms with E-state index in [0.29, 0.717) is 15.1 Å². The first-order valence-electron chi connectivity index (χ1n) is 8.73. The fourth-order valence-corrected chi connectivity index (χ4v) is 4.00. The van der Waals surface area contributed by atoms with E-state index in [0.717, 1.165) is 18.4 Å². The summed E-state index contributed by atoms with van der Waals surface area (Å²) in [4.78, 5) is 25.1. The number of rotatable bonds is 4. The van der Waals surface area contributed by atoms with Crippen molar-refractivity contribution in [3.8, 4) is 0 Å². The molecule has 142 valence electrons. The molecule has 0 saturated carbocycles. The summed E-state index contributed by atoms with van der Waals surface area (Å²) in [7, 11) is 0. The van der Waals surface area contributed by atoms with E-state index in [9.17, 15) is 9.59 Å². The Morgan fingerprint density at radius 2 is 1.86 bits per heavy atom. The van der Waals surface area contributed by atoms with Crippen LogP contribution in [-0.2, 0) is 6.42 Å². The molecule has 0 aliphatic heterocycles. The second-order valence-electron chi connectivity index (χ2n) is 6.46. The number of nitrogens with one attached hydrogen (secondary N) is 3. The maximum Gasteiger partial charge on any atom is 0.271 e. The quantitative estimate of drug-likeness (QED) is 0.537. The van der Waals surface area contributed by atoms with E-state index >= 15 is 0 Å². The van der Waals surface area contributed by atoms with Crippen molar-refractivity contribution in [2.75, 3.05) is 5.32 Å². The van der Waals surface area contributed by atoms with Crippen LogP contribution in [0.1, 0.15) is 44.4 Å². The van der Waals surface area contributed by atoms with Crippen LogP contribution in [0.2, 0.25) is 5.02 Å². The highest BCUT2D eigenvalue weighted by atomic mass is 79.9. The predicted octanol–water partition coefficient (Wildman–Crippen LogP) is 4.50. The Morgan fingerprint density at radius 3 is 2.68 bits per heavy atom. The fourth-order valence-electron chi connectivity index (χ4n) is 3.32. The topological polar surface area (TPSA) is 86.9 Å². The molecule has 3 aromatic rings. The largest absolute Gasteiger partial charge is 0.344 e. The van der Waals surface area contributed by atoms with Crippen molar-refractivity contribution in [3.05, 3.63) is 80.4 Å². The van der Waals surface area contributed by atoms with Crippen LogP contribution in [0, 0.1) is 0 Å². The molecule has 0 spiro atoms. The average Bonchev–Trinajstić information content (AvgIpc) is 3.26. The molecule has 1 heterocycles. The lowest BCUT2D eigenvalue weighted by atomic mass is 10.1. The molecule has 28 heavy (non-hydrogen) atoms. The summed E-state index contributed by atoms with van der Waals surface area (Å²) >= 11 is 9.40. The van der Waals surface area contributed by atoms with Crippen molar-refractivity contribution < 1.29 is 9.59 Å². The van der Waals surface area contributed by atoms with Gasteiger partial charge in [0.15, 0.2) is 5.82 Å². The van der Waals surface area contributed by atoms with Crippen molar-refractivity contribution in [2.24, 2.45) is 0 Å². The molecule has 6 nitrogen and oxygen atoms in total. The lowest BCUT2D eigenvalue weighted by molar-refractivity contribution is 0.0930. The second-order valence-corrected chi connectivity index (χ2v) is 7.66. The Balaban J connectivity index is 1.48. The van der Waals surface area contributed by atoms with Crippen LogP contribution in [0.3, 0.4) is 0 Å². The summed E-state index contributed by atoms with van der Waals surface area (Å²) in [6.45, 7) is 0. The monoisotopic (exact) mass is 458 g/mol. The van der Waals surface area contributed by atoms with Crippen LogP contribution in [0.4, 0.5) is 5.82 Å². The van der Waals surface area contributed by atoms with E-state index in [1.54, 1.807) is 24.3 Å². The maximum absolute atomic E-state index is 12.7. The fraction of sp³-hybridized carbons (Fsp3) is 0.150. The van der Waals surface area contributed by atoms with Gasteiger partial charge < -0.3 is 10.6 Å². The number of hydrogen-bond donors (Lipinski definition) is 3. The first kappa shape index (κ1) is 18.7. The van der Waals surface area contributed by atoms with Crippen molar-refractivity contribution in [3.63, 3.8) is 0 Å². The maximum atomic E-state index is 12.7. The number of benzene rings is 2. The molecule has 0 saturated heterocycles. The third-order valence-corrected chi connectivity index (χ3v) is 5.82. The van der Waals surface area contributed by atoms with Gasteiger partial charge >= 0.3 is 0 Å². The molecule has 3 N–H and O–H groups in total. The van der Waals surface area contributed by atoms with Crippen LogP contribution >= 0.6 is 27.5 Å². The smallest absolute Gasteiger partial charge is 0.271 e. The van der Waals surface area contributed by atoms with Crippen LogP contribution in [-0.4, -0.2) is 22.0 Å². The number of nitrogens with zero attached hydrogens (tertiary/aromatic N) is 1. The Labute approximate surface area is 174 Å². The number of H-pyrrole nitrogens is 1. The van der Waals surface area contributed by atoms with Crippen LogP contribution < -0.4 is 10.6 Å². The van der Waals surface area contributed by atoms with E-state index in [2.05, 4.69) is 42.8 Å². The van der Waals surface area contributed by atoms with Gasteiger partial charge in [0.1, 0.15) is 5.69 Å².